The summed E-state index contributed by atoms with van der Waals surface area (Å²) in [7, 11) is 0. The van der Waals surface area contributed by atoms with Crippen LogP contribution in [0, 0.1) is 5.92 Å². The maximum Gasteiger partial charge on any atom is 0.0194 e. The Morgan fingerprint density at radius 1 is 1.11 bits per heavy atom. The predicted octanol–water partition coefficient (Wildman–Crippen LogP) is 0.461. The van der Waals surface area contributed by atoms with E-state index < -0.39 is 0 Å². The molecule has 1 aliphatic rings. The van der Waals surface area contributed by atoms with E-state index in [4.69, 9.17) is 11.5 Å². The third-order valence-corrected chi connectivity index (χ3v) is 2.22. The van der Waals surface area contributed by atoms with Crippen LogP contribution in [0.15, 0.2) is 0 Å². The van der Waals surface area contributed by atoms with Gasteiger partial charge in [-0.25, -0.2) is 0 Å². The van der Waals surface area contributed by atoms with Crippen LogP contribution in [0.4, 0.5) is 0 Å². The second-order valence-corrected chi connectivity index (χ2v) is 3.25. The monoisotopic (exact) mass is 128 g/mol. The highest BCUT2D eigenvalue weighted by atomic mass is 14.8. The van der Waals surface area contributed by atoms with Crippen molar-refractivity contribution in [1.29, 1.82) is 0 Å². The molecular formula is C7H16N2. The topological polar surface area (TPSA) is 52.0 Å². The van der Waals surface area contributed by atoms with Crippen molar-refractivity contribution >= 4 is 0 Å². The molecule has 9 heavy (non-hydrogen) atoms. The lowest BCUT2D eigenvalue weighted by Crippen LogP contribution is -2.45. The molecule has 0 radical (unpaired) electrons. The first-order valence-corrected chi connectivity index (χ1v) is 3.71. The predicted molar refractivity (Wildman–Crippen MR) is 39.0 cm³/mol. The highest BCUT2D eigenvalue weighted by molar-refractivity contribution is 4.83. The summed E-state index contributed by atoms with van der Waals surface area (Å²) in [5.41, 5.74) is 11.5. The molecule has 1 aliphatic carbocycles. The average molecular weight is 128 g/mol. The summed E-state index contributed by atoms with van der Waals surface area (Å²) in [6, 6.07) is 0.523. The summed E-state index contributed by atoms with van der Waals surface area (Å²) in [6.07, 6.45) is 3.48. The van der Waals surface area contributed by atoms with Crippen molar-refractivity contribution in [3.05, 3.63) is 0 Å². The number of rotatable bonds is 0. The molecule has 4 N–H and O–H groups in total. The van der Waals surface area contributed by atoms with Crippen LogP contribution < -0.4 is 11.5 Å². The molecule has 0 saturated heterocycles. The molecule has 0 bridgehead atoms. The van der Waals surface area contributed by atoms with Gasteiger partial charge in [-0.3, -0.25) is 0 Å². The van der Waals surface area contributed by atoms with Gasteiger partial charge in [-0.2, -0.15) is 0 Å². The molecule has 0 aromatic heterocycles. The Morgan fingerprint density at radius 2 is 1.78 bits per heavy atom. The van der Waals surface area contributed by atoms with E-state index >= 15 is 0 Å². The number of hydrogen-bond donors (Lipinski definition) is 2. The van der Waals surface area contributed by atoms with Crippen LogP contribution in [-0.4, -0.2) is 12.1 Å². The van der Waals surface area contributed by atoms with E-state index in [2.05, 4.69) is 6.92 Å². The fourth-order valence-electron chi connectivity index (χ4n) is 1.45. The third kappa shape index (κ3) is 1.66. The van der Waals surface area contributed by atoms with Crippen LogP contribution in [0.3, 0.4) is 0 Å². The lowest BCUT2D eigenvalue weighted by Gasteiger charge is -2.29. The fraction of sp³-hybridized carbons (Fsp3) is 1.00. The first-order valence-electron chi connectivity index (χ1n) is 3.71. The Morgan fingerprint density at radius 3 is 2.22 bits per heavy atom. The number of hydrogen-bond acceptors (Lipinski definition) is 2. The van der Waals surface area contributed by atoms with Crippen LogP contribution in [0.25, 0.3) is 0 Å². The summed E-state index contributed by atoms with van der Waals surface area (Å²) >= 11 is 0. The highest BCUT2D eigenvalue weighted by Gasteiger charge is 2.21. The Labute approximate surface area is 56.6 Å². The normalized spacial score (nSPS) is 45.0. The van der Waals surface area contributed by atoms with E-state index in [1.165, 1.54) is 6.42 Å². The van der Waals surface area contributed by atoms with Gasteiger partial charge >= 0.3 is 0 Å². The molecule has 3 atom stereocenters. The summed E-state index contributed by atoms with van der Waals surface area (Å²) in [5.74, 6) is 0.791. The average Bonchev–Trinajstić information content (AvgIpc) is 1.80. The molecule has 0 aromatic carbocycles. The molecule has 0 amide bonds. The molecule has 1 fully saturated rings. The van der Waals surface area contributed by atoms with Gasteiger partial charge in [0.15, 0.2) is 0 Å². The molecule has 0 aromatic rings. The van der Waals surface area contributed by atoms with Crippen molar-refractivity contribution in [1.82, 2.24) is 0 Å². The minimum atomic E-state index is 0.258. The van der Waals surface area contributed by atoms with E-state index in [0.717, 1.165) is 18.8 Å². The summed E-state index contributed by atoms with van der Waals surface area (Å²) in [5, 5.41) is 0. The Hall–Kier alpha value is -0.0800. The van der Waals surface area contributed by atoms with E-state index in [1.807, 2.05) is 0 Å². The van der Waals surface area contributed by atoms with E-state index in [-0.39, 0.29) is 12.1 Å². The SMILES string of the molecule is CC1CC[C@H](N)C(N)C1. The zero-order chi connectivity index (χ0) is 6.85. The van der Waals surface area contributed by atoms with Gasteiger partial charge in [0, 0.05) is 12.1 Å². The van der Waals surface area contributed by atoms with Crippen LogP contribution in [0.2, 0.25) is 0 Å². The zero-order valence-electron chi connectivity index (χ0n) is 6.01. The standard InChI is InChI=1S/C7H16N2/c1-5-2-3-6(8)7(9)4-5/h5-7H,2-4,8-9H2,1H3/t5?,6-,7?/m0/s1. The van der Waals surface area contributed by atoms with Crippen molar-refractivity contribution in [3.8, 4) is 0 Å². The first-order chi connectivity index (χ1) is 4.20. The molecule has 2 nitrogen and oxygen atoms in total. The zero-order valence-corrected chi connectivity index (χ0v) is 6.01. The Bertz CT molecular complexity index is 92.9. The van der Waals surface area contributed by atoms with E-state index in [1.54, 1.807) is 0 Å². The van der Waals surface area contributed by atoms with E-state index in [0.29, 0.717) is 0 Å². The highest BCUT2D eigenvalue weighted by Crippen LogP contribution is 2.21. The fourth-order valence-corrected chi connectivity index (χ4v) is 1.45. The molecule has 2 unspecified atom stereocenters. The molecule has 54 valence electrons. The smallest absolute Gasteiger partial charge is 0.0194 e. The van der Waals surface area contributed by atoms with Crippen LogP contribution >= 0.6 is 0 Å². The second kappa shape index (κ2) is 2.67. The van der Waals surface area contributed by atoms with Gasteiger partial charge < -0.3 is 11.5 Å². The lowest BCUT2D eigenvalue weighted by atomic mass is 9.84. The Kier molecular flexibility index (Phi) is 2.09. The van der Waals surface area contributed by atoms with Crippen molar-refractivity contribution in [2.75, 3.05) is 0 Å². The van der Waals surface area contributed by atoms with Crippen molar-refractivity contribution in [2.45, 2.75) is 38.3 Å². The minimum Gasteiger partial charge on any atom is -0.326 e. The van der Waals surface area contributed by atoms with Crippen LogP contribution in [0.1, 0.15) is 26.2 Å². The third-order valence-electron chi connectivity index (χ3n) is 2.22. The molecule has 0 heterocycles. The van der Waals surface area contributed by atoms with Gasteiger partial charge in [0.1, 0.15) is 0 Å². The van der Waals surface area contributed by atoms with Gasteiger partial charge in [-0.15, -0.1) is 0 Å². The van der Waals surface area contributed by atoms with E-state index in [9.17, 15) is 0 Å². The maximum atomic E-state index is 5.74. The maximum absolute atomic E-state index is 5.74. The largest absolute Gasteiger partial charge is 0.326 e. The molecule has 2 heteroatoms. The summed E-state index contributed by atoms with van der Waals surface area (Å²) < 4.78 is 0. The second-order valence-electron chi connectivity index (χ2n) is 3.25. The summed E-state index contributed by atoms with van der Waals surface area (Å²) in [4.78, 5) is 0. The molecule has 1 rings (SSSR count). The molecule has 0 spiro atoms. The Balaban J connectivity index is 2.35. The number of nitrogens with two attached hydrogens (primary N) is 2. The van der Waals surface area contributed by atoms with Gasteiger partial charge in [0.05, 0.1) is 0 Å². The van der Waals surface area contributed by atoms with Gasteiger partial charge in [0.25, 0.3) is 0 Å². The first kappa shape index (κ1) is 7.03. The summed E-state index contributed by atoms with van der Waals surface area (Å²) in [6.45, 7) is 2.24. The quantitative estimate of drug-likeness (QED) is 0.498. The van der Waals surface area contributed by atoms with Crippen LogP contribution in [-0.2, 0) is 0 Å². The van der Waals surface area contributed by atoms with Gasteiger partial charge in [-0.05, 0) is 25.2 Å². The minimum absolute atomic E-state index is 0.258. The lowest BCUT2D eigenvalue weighted by molar-refractivity contribution is 0.307. The van der Waals surface area contributed by atoms with Crippen molar-refractivity contribution in [2.24, 2.45) is 17.4 Å². The van der Waals surface area contributed by atoms with Crippen molar-refractivity contribution < 1.29 is 0 Å². The molecular weight excluding hydrogens is 112 g/mol. The molecule has 1 saturated carbocycles. The molecule has 0 aliphatic heterocycles. The van der Waals surface area contributed by atoms with Crippen LogP contribution in [0.5, 0.6) is 0 Å². The van der Waals surface area contributed by atoms with Gasteiger partial charge in [0.2, 0.25) is 0 Å². The van der Waals surface area contributed by atoms with Gasteiger partial charge in [-0.1, -0.05) is 6.92 Å². The van der Waals surface area contributed by atoms with Crippen molar-refractivity contribution in [3.63, 3.8) is 0 Å².